The van der Waals surface area contributed by atoms with E-state index in [2.05, 4.69) is 27.8 Å². The highest BCUT2D eigenvalue weighted by atomic mass is 32.2. The topological polar surface area (TPSA) is 73.8 Å². The number of hydrogen-bond acceptors (Lipinski definition) is 3. The summed E-state index contributed by atoms with van der Waals surface area (Å²) in [5.74, 6) is 0.715. The Morgan fingerprint density at radius 3 is 2.52 bits per heavy atom. The highest BCUT2D eigenvalue weighted by Crippen LogP contribution is 2.30. The zero-order chi connectivity index (χ0) is 21.5. The highest BCUT2D eigenvalue weighted by Gasteiger charge is 2.50. The number of nitrogens with one attached hydrogen (secondary N) is 2. The molecule has 1 fully saturated rings. The van der Waals surface area contributed by atoms with Gasteiger partial charge in [-0.25, -0.2) is 8.42 Å². The second-order valence-electron chi connectivity index (χ2n) is 7.18. The molecule has 0 atom stereocenters. The van der Waals surface area contributed by atoms with Gasteiger partial charge >= 0.3 is 15.5 Å². The summed E-state index contributed by atoms with van der Waals surface area (Å²) in [6.45, 7) is 5.60. The Hall–Kier alpha value is -1.81. The van der Waals surface area contributed by atoms with Gasteiger partial charge in [0.25, 0.3) is 0 Å². The Kier molecular flexibility index (Phi) is 8.33. The Labute approximate surface area is 170 Å². The summed E-state index contributed by atoms with van der Waals surface area (Å²) in [7, 11) is -5.23. The van der Waals surface area contributed by atoms with Crippen molar-refractivity contribution < 1.29 is 21.6 Å². The standard InChI is InChI=1S/C19H29F3N4O2S/c1-3-23-18(24-10-7-16-6-4-5-15(2)13-16)25-14-17-8-11-26(12-9-17)29(27,28)19(20,21)22/h4-6,13,17H,3,7-12,14H2,1-2H3,(H2,23,24,25). The lowest BCUT2D eigenvalue weighted by molar-refractivity contribution is -0.0496. The van der Waals surface area contributed by atoms with Crippen LogP contribution in [0.5, 0.6) is 0 Å². The third-order valence-electron chi connectivity index (χ3n) is 4.85. The molecule has 0 bridgehead atoms. The molecule has 2 N–H and O–H groups in total. The van der Waals surface area contributed by atoms with Crippen molar-refractivity contribution in [3.8, 4) is 0 Å². The molecule has 0 amide bonds. The Morgan fingerprint density at radius 2 is 1.93 bits per heavy atom. The molecule has 0 radical (unpaired) electrons. The van der Waals surface area contributed by atoms with Crippen molar-refractivity contribution in [2.24, 2.45) is 10.9 Å². The van der Waals surface area contributed by atoms with Crippen LogP contribution in [-0.4, -0.2) is 56.9 Å². The van der Waals surface area contributed by atoms with E-state index >= 15 is 0 Å². The van der Waals surface area contributed by atoms with Crippen molar-refractivity contribution in [3.63, 3.8) is 0 Å². The number of alkyl halides is 3. The average Bonchev–Trinajstić information content (AvgIpc) is 2.65. The van der Waals surface area contributed by atoms with Crippen LogP contribution in [0.2, 0.25) is 0 Å². The lowest BCUT2D eigenvalue weighted by Gasteiger charge is -2.30. The third-order valence-corrected chi connectivity index (χ3v) is 6.48. The van der Waals surface area contributed by atoms with E-state index in [0.717, 1.165) is 6.42 Å². The van der Waals surface area contributed by atoms with E-state index in [1.165, 1.54) is 11.1 Å². The summed E-state index contributed by atoms with van der Waals surface area (Å²) < 4.78 is 61.4. The normalized spacial score (nSPS) is 17.3. The summed E-state index contributed by atoms with van der Waals surface area (Å²) in [5, 5.41) is 6.42. The summed E-state index contributed by atoms with van der Waals surface area (Å²) in [6, 6.07) is 8.28. The molecule has 2 rings (SSSR count). The molecule has 0 unspecified atom stereocenters. The number of nitrogens with zero attached hydrogens (tertiary/aromatic N) is 2. The molecule has 0 aliphatic carbocycles. The zero-order valence-corrected chi connectivity index (χ0v) is 17.6. The Balaban J connectivity index is 1.83. The number of hydrogen-bond donors (Lipinski definition) is 2. The summed E-state index contributed by atoms with van der Waals surface area (Å²) >= 11 is 0. The van der Waals surface area contributed by atoms with E-state index in [4.69, 9.17) is 0 Å². The molecule has 1 aromatic carbocycles. The molecule has 29 heavy (non-hydrogen) atoms. The van der Waals surface area contributed by atoms with Crippen LogP contribution in [0, 0.1) is 12.8 Å². The average molecular weight is 435 g/mol. The van der Waals surface area contributed by atoms with E-state index in [-0.39, 0.29) is 19.0 Å². The first-order valence-electron chi connectivity index (χ1n) is 9.77. The fourth-order valence-electron chi connectivity index (χ4n) is 3.23. The molecular formula is C19H29F3N4O2S. The molecule has 0 spiro atoms. The third kappa shape index (κ3) is 6.88. The van der Waals surface area contributed by atoms with Gasteiger partial charge in [-0.05, 0) is 44.6 Å². The molecule has 10 heteroatoms. The van der Waals surface area contributed by atoms with Crippen molar-refractivity contribution in [2.45, 2.75) is 38.6 Å². The fourth-order valence-corrected chi connectivity index (χ4v) is 4.22. The fraction of sp³-hybridized carbons (Fsp3) is 0.632. The number of halogens is 3. The SMILES string of the molecule is CCNC(=NCC1CCN(S(=O)(=O)C(F)(F)F)CC1)NCCc1cccc(C)c1. The summed E-state index contributed by atoms with van der Waals surface area (Å²) in [5.41, 5.74) is -2.80. The maximum absolute atomic E-state index is 12.6. The highest BCUT2D eigenvalue weighted by molar-refractivity contribution is 7.90. The lowest BCUT2D eigenvalue weighted by atomic mass is 9.98. The monoisotopic (exact) mass is 434 g/mol. The van der Waals surface area contributed by atoms with Crippen LogP contribution in [0.3, 0.4) is 0 Å². The van der Waals surface area contributed by atoms with Crippen LogP contribution in [0.25, 0.3) is 0 Å². The van der Waals surface area contributed by atoms with Gasteiger partial charge in [-0.2, -0.15) is 17.5 Å². The molecular weight excluding hydrogens is 405 g/mol. The van der Waals surface area contributed by atoms with Crippen LogP contribution in [0.1, 0.15) is 30.9 Å². The number of rotatable bonds is 7. The zero-order valence-electron chi connectivity index (χ0n) is 16.8. The van der Waals surface area contributed by atoms with Crippen LogP contribution >= 0.6 is 0 Å². The largest absolute Gasteiger partial charge is 0.511 e. The molecule has 1 aliphatic heterocycles. The predicted molar refractivity (Wildman–Crippen MR) is 108 cm³/mol. The maximum Gasteiger partial charge on any atom is 0.511 e. The molecule has 1 heterocycles. The van der Waals surface area contributed by atoms with Crippen LogP contribution in [0.15, 0.2) is 29.3 Å². The number of aliphatic imine (C=N–C) groups is 1. The van der Waals surface area contributed by atoms with E-state index < -0.39 is 15.5 Å². The van der Waals surface area contributed by atoms with Crippen molar-refractivity contribution in [2.75, 3.05) is 32.7 Å². The first kappa shape index (κ1) is 23.5. The summed E-state index contributed by atoms with van der Waals surface area (Å²) in [4.78, 5) is 4.53. The van der Waals surface area contributed by atoms with Gasteiger partial charge in [0.05, 0.1) is 0 Å². The van der Waals surface area contributed by atoms with Gasteiger partial charge in [0.15, 0.2) is 5.96 Å². The molecule has 6 nitrogen and oxygen atoms in total. The minimum Gasteiger partial charge on any atom is -0.357 e. The Morgan fingerprint density at radius 1 is 1.24 bits per heavy atom. The van der Waals surface area contributed by atoms with Crippen LogP contribution < -0.4 is 10.6 Å². The first-order valence-corrected chi connectivity index (χ1v) is 11.2. The number of piperidine rings is 1. The van der Waals surface area contributed by atoms with Gasteiger partial charge in [0.1, 0.15) is 0 Å². The van der Waals surface area contributed by atoms with Gasteiger partial charge < -0.3 is 10.6 Å². The second kappa shape index (κ2) is 10.3. The van der Waals surface area contributed by atoms with Crippen molar-refractivity contribution >= 4 is 16.0 Å². The van der Waals surface area contributed by atoms with Crippen molar-refractivity contribution in [1.82, 2.24) is 14.9 Å². The van der Waals surface area contributed by atoms with Gasteiger partial charge in [0, 0.05) is 32.7 Å². The minimum atomic E-state index is -5.24. The maximum atomic E-state index is 12.6. The summed E-state index contributed by atoms with van der Waals surface area (Å²) in [6.07, 6.45) is 1.57. The molecule has 1 aromatic rings. The van der Waals surface area contributed by atoms with Crippen LogP contribution in [0.4, 0.5) is 13.2 Å². The molecule has 1 saturated heterocycles. The number of guanidine groups is 1. The smallest absolute Gasteiger partial charge is 0.357 e. The lowest BCUT2D eigenvalue weighted by Crippen LogP contribution is -2.45. The van der Waals surface area contributed by atoms with E-state index in [9.17, 15) is 21.6 Å². The predicted octanol–water partition coefficient (Wildman–Crippen LogP) is 2.65. The van der Waals surface area contributed by atoms with Gasteiger partial charge in [-0.3, -0.25) is 4.99 Å². The molecule has 1 aliphatic rings. The molecule has 0 aromatic heterocycles. The van der Waals surface area contributed by atoms with Gasteiger partial charge in [0.2, 0.25) is 0 Å². The number of sulfonamides is 1. The van der Waals surface area contributed by atoms with Crippen molar-refractivity contribution in [1.29, 1.82) is 0 Å². The quantitative estimate of drug-likeness (QED) is 0.511. The van der Waals surface area contributed by atoms with E-state index in [1.807, 2.05) is 26.0 Å². The van der Waals surface area contributed by atoms with E-state index in [1.54, 1.807) is 0 Å². The number of benzene rings is 1. The number of aryl methyl sites for hydroxylation is 1. The second-order valence-corrected chi connectivity index (χ2v) is 9.11. The minimum absolute atomic E-state index is 0.0573. The molecule has 0 saturated carbocycles. The Bertz CT molecular complexity index is 789. The van der Waals surface area contributed by atoms with Crippen LogP contribution in [-0.2, 0) is 16.4 Å². The van der Waals surface area contributed by atoms with E-state index in [0.29, 0.717) is 42.7 Å². The van der Waals surface area contributed by atoms with Crippen molar-refractivity contribution in [3.05, 3.63) is 35.4 Å². The molecule has 164 valence electrons. The first-order chi connectivity index (χ1) is 13.6. The van der Waals surface area contributed by atoms with Gasteiger partial charge in [-0.1, -0.05) is 29.8 Å². The van der Waals surface area contributed by atoms with Gasteiger partial charge in [-0.15, -0.1) is 0 Å².